The van der Waals surface area contributed by atoms with Crippen LogP contribution < -0.4 is 0 Å². The molecule has 72 valence electrons. The van der Waals surface area contributed by atoms with Gasteiger partial charge in [-0.2, -0.15) is 0 Å². The van der Waals surface area contributed by atoms with Crippen LogP contribution in [0.2, 0.25) is 0 Å². The van der Waals surface area contributed by atoms with Crippen molar-refractivity contribution in [3.8, 4) is 0 Å². The van der Waals surface area contributed by atoms with Gasteiger partial charge in [0.2, 0.25) is 0 Å². The van der Waals surface area contributed by atoms with Crippen LogP contribution in [0.5, 0.6) is 0 Å². The van der Waals surface area contributed by atoms with Gasteiger partial charge in [-0.25, -0.2) is 0 Å². The van der Waals surface area contributed by atoms with Crippen LogP contribution in [0.15, 0.2) is 6.20 Å². The molecule has 0 radical (unpaired) electrons. The molecule has 13 heavy (non-hydrogen) atoms. The third-order valence-corrected chi connectivity index (χ3v) is 3.27. The van der Waals surface area contributed by atoms with Gasteiger partial charge in [0, 0.05) is 10.7 Å². The van der Waals surface area contributed by atoms with E-state index in [9.17, 15) is 10.1 Å². The zero-order chi connectivity index (χ0) is 10.1. The molecule has 0 saturated heterocycles. The normalized spacial score (nSPS) is 11.6. The van der Waals surface area contributed by atoms with Gasteiger partial charge in [-0.05, 0) is 4.92 Å². The number of H-pyrrole nitrogens is 1. The van der Waals surface area contributed by atoms with Gasteiger partial charge in [-0.3, -0.25) is 0 Å². The molecule has 0 saturated carbocycles. The monoisotopic (exact) mass is 247 g/mol. The molecular weight excluding hydrogens is 238 g/mol. The lowest BCUT2D eigenvalue weighted by molar-refractivity contribution is -0.390. The SMILES string of the molecule is CC(C)(CBr)c1cn[nH]c1[N+](=O)[O-]. The average molecular weight is 248 g/mol. The van der Waals surface area contributed by atoms with Crippen molar-refractivity contribution in [1.29, 1.82) is 0 Å². The summed E-state index contributed by atoms with van der Waals surface area (Å²) in [5.74, 6) is -0.0237. The first kappa shape index (κ1) is 10.2. The summed E-state index contributed by atoms with van der Waals surface area (Å²) >= 11 is 3.31. The fourth-order valence-corrected chi connectivity index (χ4v) is 1.29. The number of aromatic nitrogens is 2. The zero-order valence-corrected chi connectivity index (χ0v) is 8.96. The van der Waals surface area contributed by atoms with Crippen molar-refractivity contribution in [2.24, 2.45) is 0 Å². The van der Waals surface area contributed by atoms with Crippen molar-refractivity contribution in [3.05, 3.63) is 21.9 Å². The quantitative estimate of drug-likeness (QED) is 0.505. The van der Waals surface area contributed by atoms with Crippen molar-refractivity contribution in [1.82, 2.24) is 10.2 Å². The number of nitrogens with zero attached hydrogens (tertiary/aromatic N) is 2. The summed E-state index contributed by atoms with van der Waals surface area (Å²) in [6.07, 6.45) is 1.50. The molecule has 1 aromatic heterocycles. The Morgan fingerprint density at radius 2 is 2.38 bits per heavy atom. The summed E-state index contributed by atoms with van der Waals surface area (Å²) in [5.41, 5.74) is 0.337. The first-order valence-corrected chi connectivity index (χ1v) is 4.85. The van der Waals surface area contributed by atoms with E-state index in [-0.39, 0.29) is 11.2 Å². The Hall–Kier alpha value is -0.910. The highest BCUT2D eigenvalue weighted by atomic mass is 79.9. The molecule has 0 aromatic carbocycles. The Morgan fingerprint density at radius 1 is 1.77 bits per heavy atom. The fourth-order valence-electron chi connectivity index (χ4n) is 0.986. The lowest BCUT2D eigenvalue weighted by Crippen LogP contribution is -2.19. The van der Waals surface area contributed by atoms with Gasteiger partial charge in [-0.15, -0.1) is 5.10 Å². The maximum Gasteiger partial charge on any atom is 0.346 e. The predicted octanol–water partition coefficient (Wildman–Crippen LogP) is 1.99. The second-order valence-electron chi connectivity index (χ2n) is 3.41. The third-order valence-electron chi connectivity index (χ3n) is 1.86. The van der Waals surface area contributed by atoms with Gasteiger partial charge in [0.05, 0.1) is 11.8 Å². The highest BCUT2D eigenvalue weighted by Crippen LogP contribution is 2.30. The molecule has 1 aromatic rings. The lowest BCUT2D eigenvalue weighted by Gasteiger charge is -2.18. The van der Waals surface area contributed by atoms with Crippen LogP contribution in [0.1, 0.15) is 19.4 Å². The second-order valence-corrected chi connectivity index (χ2v) is 3.97. The molecule has 5 nitrogen and oxygen atoms in total. The standard InChI is InChI=1S/C7H10BrN3O2/c1-7(2,4-8)5-3-9-10-6(5)11(12)13/h3H,4H2,1-2H3,(H,9,10). The number of alkyl halides is 1. The highest BCUT2D eigenvalue weighted by molar-refractivity contribution is 9.09. The van der Waals surface area contributed by atoms with Crippen LogP contribution in [0.3, 0.4) is 0 Å². The molecular formula is C7H10BrN3O2. The number of nitro groups is 1. The summed E-state index contributed by atoms with van der Waals surface area (Å²) in [5, 5.41) is 17.3. The van der Waals surface area contributed by atoms with Crippen molar-refractivity contribution in [2.75, 3.05) is 5.33 Å². The Bertz CT molecular complexity index is 321. The number of nitrogens with one attached hydrogen (secondary N) is 1. The maximum absolute atomic E-state index is 10.6. The van der Waals surface area contributed by atoms with Gasteiger partial charge < -0.3 is 10.1 Å². The largest absolute Gasteiger partial charge is 0.358 e. The Labute approximate surface area is 83.8 Å². The van der Waals surface area contributed by atoms with E-state index in [1.54, 1.807) is 0 Å². The minimum atomic E-state index is -0.452. The molecule has 0 spiro atoms. The van der Waals surface area contributed by atoms with E-state index in [2.05, 4.69) is 26.1 Å². The molecule has 0 unspecified atom stereocenters. The van der Waals surface area contributed by atoms with Gasteiger partial charge in [0.25, 0.3) is 0 Å². The number of hydrogen-bond donors (Lipinski definition) is 1. The molecule has 0 aliphatic rings. The first-order chi connectivity index (χ1) is 5.99. The van der Waals surface area contributed by atoms with E-state index in [0.29, 0.717) is 10.9 Å². The number of aromatic amines is 1. The fraction of sp³-hybridized carbons (Fsp3) is 0.571. The topological polar surface area (TPSA) is 71.8 Å². The summed E-state index contributed by atoms with van der Waals surface area (Å²) in [6.45, 7) is 3.83. The summed E-state index contributed by atoms with van der Waals surface area (Å²) in [6, 6.07) is 0. The van der Waals surface area contributed by atoms with Gasteiger partial charge in [0.1, 0.15) is 0 Å². The van der Waals surface area contributed by atoms with E-state index < -0.39 is 4.92 Å². The zero-order valence-electron chi connectivity index (χ0n) is 7.37. The third kappa shape index (κ3) is 1.88. The van der Waals surface area contributed by atoms with E-state index in [0.717, 1.165) is 0 Å². The smallest absolute Gasteiger partial charge is 0.346 e. The summed E-state index contributed by atoms with van der Waals surface area (Å²) in [7, 11) is 0. The predicted molar refractivity (Wildman–Crippen MR) is 52.1 cm³/mol. The maximum atomic E-state index is 10.6. The molecule has 0 fully saturated rings. The van der Waals surface area contributed by atoms with Gasteiger partial charge in [-0.1, -0.05) is 34.9 Å². The number of halogens is 1. The summed E-state index contributed by atoms with van der Waals surface area (Å²) < 4.78 is 0. The second kappa shape index (κ2) is 3.45. The van der Waals surface area contributed by atoms with Crippen LogP contribution in [0.4, 0.5) is 5.82 Å². The van der Waals surface area contributed by atoms with E-state index in [1.807, 2.05) is 13.8 Å². The molecule has 0 atom stereocenters. The number of rotatable bonds is 3. The van der Waals surface area contributed by atoms with E-state index in [4.69, 9.17) is 0 Å². The Morgan fingerprint density at radius 3 is 2.85 bits per heavy atom. The van der Waals surface area contributed by atoms with Gasteiger partial charge in [0.15, 0.2) is 0 Å². The molecule has 0 aliphatic carbocycles. The van der Waals surface area contributed by atoms with Crippen LogP contribution in [-0.2, 0) is 5.41 Å². The molecule has 0 bridgehead atoms. The van der Waals surface area contributed by atoms with Crippen molar-refractivity contribution >= 4 is 21.7 Å². The van der Waals surface area contributed by atoms with E-state index >= 15 is 0 Å². The first-order valence-electron chi connectivity index (χ1n) is 3.73. The van der Waals surface area contributed by atoms with Crippen LogP contribution in [0, 0.1) is 10.1 Å². The van der Waals surface area contributed by atoms with Gasteiger partial charge >= 0.3 is 5.82 Å². The van der Waals surface area contributed by atoms with Crippen LogP contribution >= 0.6 is 15.9 Å². The van der Waals surface area contributed by atoms with E-state index in [1.165, 1.54) is 6.20 Å². The Balaban J connectivity index is 3.14. The van der Waals surface area contributed by atoms with Crippen LogP contribution in [0.25, 0.3) is 0 Å². The highest BCUT2D eigenvalue weighted by Gasteiger charge is 2.29. The lowest BCUT2D eigenvalue weighted by atomic mass is 9.89. The van der Waals surface area contributed by atoms with Crippen molar-refractivity contribution in [2.45, 2.75) is 19.3 Å². The molecule has 0 amide bonds. The minimum Gasteiger partial charge on any atom is -0.358 e. The van der Waals surface area contributed by atoms with Crippen LogP contribution in [-0.4, -0.2) is 20.5 Å². The molecule has 0 aliphatic heterocycles. The van der Waals surface area contributed by atoms with Crippen molar-refractivity contribution in [3.63, 3.8) is 0 Å². The molecule has 1 heterocycles. The van der Waals surface area contributed by atoms with Crippen molar-refractivity contribution < 1.29 is 4.92 Å². The average Bonchev–Trinajstić information content (AvgIpc) is 2.52. The molecule has 1 rings (SSSR count). The number of hydrogen-bond acceptors (Lipinski definition) is 3. The Kier molecular flexibility index (Phi) is 2.70. The molecule has 6 heteroatoms. The summed E-state index contributed by atoms with van der Waals surface area (Å²) in [4.78, 5) is 10.1. The molecule has 1 N–H and O–H groups in total. The minimum absolute atomic E-state index is 0.0237.